The molecule has 0 aliphatic heterocycles. The minimum absolute atomic E-state index is 0.000948. The Morgan fingerprint density at radius 2 is 2.26 bits per heavy atom. The Bertz CT molecular complexity index is 549. The van der Waals surface area contributed by atoms with Crippen LogP contribution in [0.15, 0.2) is 11.1 Å². The van der Waals surface area contributed by atoms with Gasteiger partial charge in [0.05, 0.1) is 6.20 Å². The largest absolute Gasteiger partial charge is 0.383 e. The standard InChI is InChI=1S/C10H17N5O3S/c11-10-8(6-12-15-10)19(17,18)13-5-1-2-9(16)14-7-3-4-7/h6-7,13H,1-5H2,(H,14,16)(H3,11,12,15). The van der Waals surface area contributed by atoms with E-state index in [1.165, 1.54) is 0 Å². The Morgan fingerprint density at radius 1 is 1.53 bits per heavy atom. The number of anilines is 1. The van der Waals surface area contributed by atoms with Crippen molar-refractivity contribution in [1.29, 1.82) is 0 Å². The number of hydrogen-bond donors (Lipinski definition) is 4. The lowest BCUT2D eigenvalue weighted by Gasteiger charge is -2.06. The summed E-state index contributed by atoms with van der Waals surface area (Å²) in [5.41, 5.74) is 5.44. The van der Waals surface area contributed by atoms with Gasteiger partial charge in [0.1, 0.15) is 10.7 Å². The van der Waals surface area contributed by atoms with Crippen LogP contribution in [0.2, 0.25) is 0 Å². The van der Waals surface area contributed by atoms with Crippen molar-refractivity contribution in [3.63, 3.8) is 0 Å². The first-order valence-corrected chi connectivity index (χ1v) is 7.55. The molecule has 0 radical (unpaired) electrons. The maximum Gasteiger partial charge on any atom is 0.245 e. The van der Waals surface area contributed by atoms with Gasteiger partial charge in [-0.05, 0) is 19.3 Å². The van der Waals surface area contributed by atoms with Gasteiger partial charge in [0.15, 0.2) is 0 Å². The van der Waals surface area contributed by atoms with Gasteiger partial charge in [-0.2, -0.15) is 5.10 Å². The van der Waals surface area contributed by atoms with Gasteiger partial charge in [-0.25, -0.2) is 13.1 Å². The van der Waals surface area contributed by atoms with Gasteiger partial charge < -0.3 is 11.1 Å². The van der Waals surface area contributed by atoms with Crippen LogP contribution in [0.3, 0.4) is 0 Å². The lowest BCUT2D eigenvalue weighted by molar-refractivity contribution is -0.121. The Balaban J connectivity index is 1.72. The highest BCUT2D eigenvalue weighted by Crippen LogP contribution is 2.18. The molecule has 0 unspecified atom stereocenters. The van der Waals surface area contributed by atoms with Crippen LogP contribution in [0, 0.1) is 0 Å². The summed E-state index contributed by atoms with van der Waals surface area (Å²) in [6, 6.07) is 0.329. The summed E-state index contributed by atoms with van der Waals surface area (Å²) >= 11 is 0. The number of carbonyl (C=O) groups is 1. The summed E-state index contributed by atoms with van der Waals surface area (Å²) in [6.45, 7) is 0.186. The van der Waals surface area contributed by atoms with Crippen LogP contribution >= 0.6 is 0 Å². The molecule has 1 saturated carbocycles. The van der Waals surface area contributed by atoms with Crippen molar-refractivity contribution >= 4 is 21.7 Å². The molecule has 5 N–H and O–H groups in total. The molecular formula is C10H17N5O3S. The second-order valence-electron chi connectivity index (χ2n) is 4.49. The molecule has 8 nitrogen and oxygen atoms in total. The summed E-state index contributed by atoms with van der Waals surface area (Å²) in [5.74, 6) is -0.0384. The van der Waals surface area contributed by atoms with E-state index in [4.69, 9.17) is 5.73 Å². The van der Waals surface area contributed by atoms with Crippen molar-refractivity contribution in [2.24, 2.45) is 0 Å². The molecule has 0 aromatic carbocycles. The number of nitrogen functional groups attached to an aromatic ring is 1. The quantitative estimate of drug-likeness (QED) is 0.494. The molecule has 1 amide bonds. The third kappa shape index (κ3) is 3.93. The number of nitrogens with one attached hydrogen (secondary N) is 3. The van der Waals surface area contributed by atoms with Crippen LogP contribution in [-0.4, -0.2) is 37.1 Å². The van der Waals surface area contributed by atoms with Crippen molar-refractivity contribution in [3.05, 3.63) is 6.20 Å². The smallest absolute Gasteiger partial charge is 0.245 e. The second kappa shape index (κ2) is 5.57. The highest BCUT2D eigenvalue weighted by molar-refractivity contribution is 7.89. The van der Waals surface area contributed by atoms with Crippen LogP contribution in [-0.2, 0) is 14.8 Å². The molecule has 1 aliphatic carbocycles. The predicted molar refractivity (Wildman–Crippen MR) is 68.6 cm³/mol. The molecule has 1 aromatic heterocycles. The highest BCUT2D eigenvalue weighted by atomic mass is 32.2. The topological polar surface area (TPSA) is 130 Å². The zero-order chi connectivity index (χ0) is 13.9. The number of aromatic amines is 1. The number of aromatic nitrogens is 2. The van der Waals surface area contributed by atoms with E-state index < -0.39 is 10.0 Å². The SMILES string of the molecule is Nc1[nH]ncc1S(=O)(=O)NCCCC(=O)NC1CC1. The van der Waals surface area contributed by atoms with E-state index in [-0.39, 0.29) is 23.2 Å². The summed E-state index contributed by atoms with van der Waals surface area (Å²) in [4.78, 5) is 11.3. The van der Waals surface area contributed by atoms with Crippen molar-refractivity contribution in [3.8, 4) is 0 Å². The fraction of sp³-hybridized carbons (Fsp3) is 0.600. The van der Waals surface area contributed by atoms with E-state index >= 15 is 0 Å². The van der Waals surface area contributed by atoms with Crippen LogP contribution in [0.5, 0.6) is 0 Å². The molecule has 1 fully saturated rings. The molecule has 0 bridgehead atoms. The van der Waals surface area contributed by atoms with E-state index in [9.17, 15) is 13.2 Å². The summed E-state index contributed by atoms with van der Waals surface area (Å²) < 4.78 is 26.0. The zero-order valence-electron chi connectivity index (χ0n) is 10.3. The molecule has 1 heterocycles. The maximum absolute atomic E-state index is 11.8. The first-order chi connectivity index (χ1) is 8.99. The third-order valence-corrected chi connectivity index (χ3v) is 4.23. The van der Waals surface area contributed by atoms with Crippen molar-refractivity contribution in [2.45, 2.75) is 36.6 Å². The Kier molecular flexibility index (Phi) is 4.05. The van der Waals surface area contributed by atoms with E-state index in [0.29, 0.717) is 18.9 Å². The number of hydrogen-bond acceptors (Lipinski definition) is 5. The van der Waals surface area contributed by atoms with Crippen LogP contribution in [0.1, 0.15) is 25.7 Å². The van der Waals surface area contributed by atoms with E-state index in [2.05, 4.69) is 20.2 Å². The lowest BCUT2D eigenvalue weighted by Crippen LogP contribution is -2.28. The van der Waals surface area contributed by atoms with Gasteiger partial charge in [0.25, 0.3) is 0 Å². The number of nitrogens with two attached hydrogens (primary N) is 1. The van der Waals surface area contributed by atoms with Gasteiger partial charge >= 0.3 is 0 Å². The lowest BCUT2D eigenvalue weighted by atomic mass is 10.3. The molecule has 0 atom stereocenters. The van der Waals surface area contributed by atoms with Crippen molar-refractivity contribution < 1.29 is 13.2 Å². The van der Waals surface area contributed by atoms with Gasteiger partial charge in [0.2, 0.25) is 15.9 Å². The molecule has 0 saturated heterocycles. The van der Waals surface area contributed by atoms with Crippen molar-refractivity contribution in [1.82, 2.24) is 20.2 Å². The number of H-pyrrole nitrogens is 1. The minimum atomic E-state index is -3.66. The van der Waals surface area contributed by atoms with Gasteiger partial charge in [-0.3, -0.25) is 9.89 Å². The Morgan fingerprint density at radius 3 is 2.84 bits per heavy atom. The van der Waals surface area contributed by atoms with E-state index in [0.717, 1.165) is 19.0 Å². The zero-order valence-corrected chi connectivity index (χ0v) is 11.2. The fourth-order valence-corrected chi connectivity index (χ4v) is 2.66. The van der Waals surface area contributed by atoms with Gasteiger partial charge in [0, 0.05) is 19.0 Å². The maximum atomic E-state index is 11.8. The summed E-state index contributed by atoms with van der Waals surface area (Å²) in [6.07, 6.45) is 3.98. The number of carbonyl (C=O) groups excluding carboxylic acids is 1. The number of rotatable bonds is 7. The minimum Gasteiger partial charge on any atom is -0.383 e. The third-order valence-electron chi connectivity index (χ3n) is 2.74. The molecule has 0 spiro atoms. The number of nitrogens with zero attached hydrogens (tertiary/aromatic N) is 1. The molecule has 106 valence electrons. The van der Waals surface area contributed by atoms with Crippen LogP contribution < -0.4 is 15.8 Å². The molecule has 9 heteroatoms. The predicted octanol–water partition coefficient (Wildman–Crippen LogP) is -0.671. The monoisotopic (exact) mass is 287 g/mol. The number of amides is 1. The fourth-order valence-electron chi connectivity index (χ4n) is 1.56. The molecule has 2 rings (SSSR count). The van der Waals surface area contributed by atoms with E-state index in [1.807, 2.05) is 0 Å². The molecular weight excluding hydrogens is 270 g/mol. The van der Waals surface area contributed by atoms with Gasteiger partial charge in [-0.1, -0.05) is 0 Å². The first-order valence-electron chi connectivity index (χ1n) is 6.07. The molecule has 1 aromatic rings. The average molecular weight is 287 g/mol. The first kappa shape index (κ1) is 13.8. The average Bonchev–Trinajstić information content (AvgIpc) is 3.03. The molecule has 1 aliphatic rings. The van der Waals surface area contributed by atoms with Crippen LogP contribution in [0.4, 0.5) is 5.82 Å². The number of sulfonamides is 1. The van der Waals surface area contributed by atoms with Gasteiger partial charge in [-0.15, -0.1) is 0 Å². The normalized spacial score (nSPS) is 15.4. The van der Waals surface area contributed by atoms with Crippen LogP contribution in [0.25, 0.3) is 0 Å². The molecule has 19 heavy (non-hydrogen) atoms. The van der Waals surface area contributed by atoms with E-state index in [1.54, 1.807) is 0 Å². The summed E-state index contributed by atoms with van der Waals surface area (Å²) in [5, 5.41) is 8.74. The van der Waals surface area contributed by atoms with Crippen molar-refractivity contribution in [2.75, 3.05) is 12.3 Å². The second-order valence-corrected chi connectivity index (χ2v) is 6.23. The Hall–Kier alpha value is -1.61. The summed E-state index contributed by atoms with van der Waals surface area (Å²) in [7, 11) is -3.66. The Labute approximate surface area is 111 Å². The highest BCUT2D eigenvalue weighted by Gasteiger charge is 2.23.